The van der Waals surface area contributed by atoms with E-state index in [0.717, 1.165) is 4.47 Å². The van der Waals surface area contributed by atoms with E-state index in [0.29, 0.717) is 10.7 Å². The molecule has 0 saturated heterocycles. The molecule has 0 radical (unpaired) electrons. The smallest absolute Gasteiger partial charge is 0.322 e. The van der Waals surface area contributed by atoms with E-state index in [-0.39, 0.29) is 6.54 Å². The van der Waals surface area contributed by atoms with E-state index in [1.54, 1.807) is 18.2 Å². The first-order valence-corrected chi connectivity index (χ1v) is 5.35. The topological polar surface area (TPSA) is 75.3 Å². The number of carbonyl (C=O) groups is 1. The van der Waals surface area contributed by atoms with Gasteiger partial charge in [0.2, 0.25) is 0 Å². The second kappa shape index (κ2) is 5.34. The second-order valence-electron chi connectivity index (χ2n) is 2.95. The molecule has 0 spiro atoms. The summed E-state index contributed by atoms with van der Waals surface area (Å²) in [6.45, 7) is 0.130. The molecule has 0 aliphatic carbocycles. The Hall–Kier alpha value is -0.780. The van der Waals surface area contributed by atoms with Crippen LogP contribution in [0.1, 0.15) is 0 Å². The van der Waals surface area contributed by atoms with E-state index >= 15 is 0 Å². The van der Waals surface area contributed by atoms with Gasteiger partial charge in [0.1, 0.15) is 6.04 Å². The minimum absolute atomic E-state index is 0.130. The SMILES string of the molecule is NC(CNc1cc(Br)ccc1Cl)C(=O)O. The summed E-state index contributed by atoms with van der Waals surface area (Å²) in [5.74, 6) is -1.05. The zero-order valence-corrected chi connectivity index (χ0v) is 10.0. The Balaban J connectivity index is 2.65. The lowest BCUT2D eigenvalue weighted by Crippen LogP contribution is -2.36. The van der Waals surface area contributed by atoms with Crippen molar-refractivity contribution in [2.45, 2.75) is 6.04 Å². The molecule has 0 saturated carbocycles. The normalized spacial score (nSPS) is 12.2. The van der Waals surface area contributed by atoms with Crippen molar-refractivity contribution in [3.63, 3.8) is 0 Å². The fourth-order valence-electron chi connectivity index (χ4n) is 0.940. The van der Waals surface area contributed by atoms with Gasteiger partial charge in [0.05, 0.1) is 10.7 Å². The zero-order valence-electron chi connectivity index (χ0n) is 7.71. The Bertz CT molecular complexity index is 373. The number of benzene rings is 1. The summed E-state index contributed by atoms with van der Waals surface area (Å²) in [4.78, 5) is 10.5. The van der Waals surface area contributed by atoms with E-state index in [2.05, 4.69) is 21.2 Å². The molecule has 0 fully saturated rings. The molecule has 82 valence electrons. The number of halogens is 2. The number of carboxylic acid groups (broad SMARTS) is 1. The summed E-state index contributed by atoms with van der Waals surface area (Å²) in [5.41, 5.74) is 5.99. The molecule has 0 aromatic heterocycles. The van der Waals surface area contributed by atoms with Crippen LogP contribution in [0, 0.1) is 0 Å². The molecule has 15 heavy (non-hydrogen) atoms. The Morgan fingerprint density at radius 3 is 2.93 bits per heavy atom. The molecule has 4 N–H and O–H groups in total. The summed E-state index contributed by atoms with van der Waals surface area (Å²) >= 11 is 9.17. The third-order valence-corrected chi connectivity index (χ3v) is 2.58. The zero-order chi connectivity index (χ0) is 11.4. The lowest BCUT2D eigenvalue weighted by molar-refractivity contribution is -0.138. The van der Waals surface area contributed by atoms with Crippen LogP contribution in [0.2, 0.25) is 5.02 Å². The monoisotopic (exact) mass is 292 g/mol. The Morgan fingerprint density at radius 2 is 2.33 bits per heavy atom. The van der Waals surface area contributed by atoms with Crippen LogP contribution in [0.15, 0.2) is 22.7 Å². The van der Waals surface area contributed by atoms with Crippen molar-refractivity contribution >= 4 is 39.2 Å². The van der Waals surface area contributed by atoms with Crippen molar-refractivity contribution in [3.8, 4) is 0 Å². The van der Waals surface area contributed by atoms with Crippen molar-refractivity contribution < 1.29 is 9.90 Å². The van der Waals surface area contributed by atoms with Crippen molar-refractivity contribution in [2.75, 3.05) is 11.9 Å². The minimum Gasteiger partial charge on any atom is -0.480 e. The molecule has 1 atom stereocenters. The highest BCUT2D eigenvalue weighted by atomic mass is 79.9. The maximum absolute atomic E-state index is 10.5. The Kier molecular flexibility index (Phi) is 4.38. The number of aliphatic carboxylic acids is 1. The number of hydrogen-bond acceptors (Lipinski definition) is 3. The number of anilines is 1. The van der Waals surface area contributed by atoms with Crippen LogP contribution in [0.3, 0.4) is 0 Å². The first kappa shape index (κ1) is 12.3. The highest BCUT2D eigenvalue weighted by Gasteiger charge is 2.11. The lowest BCUT2D eigenvalue weighted by Gasteiger charge is -2.11. The van der Waals surface area contributed by atoms with Crippen LogP contribution in [0.25, 0.3) is 0 Å². The van der Waals surface area contributed by atoms with Crippen LogP contribution in [-0.2, 0) is 4.79 Å². The number of nitrogens with two attached hydrogens (primary N) is 1. The van der Waals surface area contributed by atoms with Crippen LogP contribution >= 0.6 is 27.5 Å². The van der Waals surface area contributed by atoms with Gasteiger partial charge in [-0.25, -0.2) is 0 Å². The van der Waals surface area contributed by atoms with Crippen LogP contribution in [-0.4, -0.2) is 23.7 Å². The van der Waals surface area contributed by atoms with Crippen molar-refractivity contribution in [3.05, 3.63) is 27.7 Å². The summed E-state index contributed by atoms with van der Waals surface area (Å²) in [6.07, 6.45) is 0. The van der Waals surface area contributed by atoms with Gasteiger partial charge < -0.3 is 16.2 Å². The molecular weight excluding hydrogens is 283 g/mol. The lowest BCUT2D eigenvalue weighted by atomic mass is 10.3. The molecular formula is C9H10BrClN2O2. The molecule has 0 aliphatic rings. The van der Waals surface area contributed by atoms with E-state index in [9.17, 15) is 4.79 Å². The van der Waals surface area contributed by atoms with Gasteiger partial charge in [-0.3, -0.25) is 4.79 Å². The maximum Gasteiger partial charge on any atom is 0.322 e. The largest absolute Gasteiger partial charge is 0.480 e. The molecule has 1 aromatic carbocycles. The van der Waals surface area contributed by atoms with E-state index in [1.165, 1.54) is 0 Å². The molecule has 0 bridgehead atoms. The van der Waals surface area contributed by atoms with Crippen LogP contribution < -0.4 is 11.1 Å². The summed E-state index contributed by atoms with van der Waals surface area (Å²) < 4.78 is 0.860. The standard InChI is InChI=1S/C9H10BrClN2O2/c10-5-1-2-6(11)8(3-5)13-4-7(12)9(14)15/h1-3,7,13H,4,12H2,(H,14,15). The fourth-order valence-corrected chi connectivity index (χ4v) is 1.49. The highest BCUT2D eigenvalue weighted by Crippen LogP contribution is 2.25. The van der Waals surface area contributed by atoms with E-state index < -0.39 is 12.0 Å². The third kappa shape index (κ3) is 3.70. The van der Waals surface area contributed by atoms with Crippen molar-refractivity contribution in [1.82, 2.24) is 0 Å². The van der Waals surface area contributed by atoms with Crippen LogP contribution in [0.5, 0.6) is 0 Å². The van der Waals surface area contributed by atoms with Crippen molar-refractivity contribution in [1.29, 1.82) is 0 Å². The summed E-state index contributed by atoms with van der Waals surface area (Å²) in [5, 5.41) is 12.0. The third-order valence-electron chi connectivity index (χ3n) is 1.76. The van der Waals surface area contributed by atoms with Gasteiger partial charge in [-0.2, -0.15) is 0 Å². The van der Waals surface area contributed by atoms with Gasteiger partial charge >= 0.3 is 5.97 Å². The van der Waals surface area contributed by atoms with Gasteiger partial charge in [0, 0.05) is 11.0 Å². The van der Waals surface area contributed by atoms with E-state index in [1.807, 2.05) is 0 Å². The number of carboxylic acids is 1. The fraction of sp³-hybridized carbons (Fsp3) is 0.222. The second-order valence-corrected chi connectivity index (χ2v) is 4.27. The summed E-state index contributed by atoms with van der Waals surface area (Å²) in [6, 6.07) is 4.32. The van der Waals surface area contributed by atoms with Gasteiger partial charge in [0.25, 0.3) is 0 Å². The van der Waals surface area contributed by atoms with Crippen molar-refractivity contribution in [2.24, 2.45) is 5.73 Å². The highest BCUT2D eigenvalue weighted by molar-refractivity contribution is 9.10. The molecule has 0 amide bonds. The number of hydrogen-bond donors (Lipinski definition) is 3. The quantitative estimate of drug-likeness (QED) is 0.793. The van der Waals surface area contributed by atoms with Gasteiger partial charge in [-0.15, -0.1) is 0 Å². The first-order chi connectivity index (χ1) is 7.00. The number of nitrogens with one attached hydrogen (secondary N) is 1. The predicted molar refractivity (Wildman–Crippen MR) is 63.3 cm³/mol. The molecule has 1 rings (SSSR count). The Morgan fingerprint density at radius 1 is 1.67 bits per heavy atom. The van der Waals surface area contributed by atoms with Gasteiger partial charge in [0.15, 0.2) is 0 Å². The van der Waals surface area contributed by atoms with Gasteiger partial charge in [-0.05, 0) is 18.2 Å². The number of rotatable bonds is 4. The molecule has 6 heteroatoms. The summed E-state index contributed by atoms with van der Waals surface area (Å²) in [7, 11) is 0. The van der Waals surface area contributed by atoms with E-state index in [4.69, 9.17) is 22.4 Å². The maximum atomic E-state index is 10.5. The molecule has 1 aromatic rings. The molecule has 1 unspecified atom stereocenters. The average Bonchev–Trinajstić information content (AvgIpc) is 2.18. The molecule has 0 aliphatic heterocycles. The van der Waals surface area contributed by atoms with Crippen LogP contribution in [0.4, 0.5) is 5.69 Å². The first-order valence-electron chi connectivity index (χ1n) is 4.18. The predicted octanol–water partition coefficient (Wildman–Crippen LogP) is 1.93. The molecule has 4 nitrogen and oxygen atoms in total. The molecule has 0 heterocycles. The Labute approximate surface area is 101 Å². The minimum atomic E-state index is -1.05. The average molecular weight is 294 g/mol. The van der Waals surface area contributed by atoms with Gasteiger partial charge in [-0.1, -0.05) is 27.5 Å².